The van der Waals surface area contributed by atoms with Gasteiger partial charge in [0.1, 0.15) is 11.6 Å². The highest BCUT2D eigenvalue weighted by molar-refractivity contribution is 6.42. The molecule has 0 bridgehead atoms. The Labute approximate surface area is 164 Å². The van der Waals surface area contributed by atoms with E-state index >= 15 is 0 Å². The molecule has 3 aromatic rings. The van der Waals surface area contributed by atoms with Crippen molar-refractivity contribution >= 4 is 34.8 Å². The second kappa shape index (κ2) is 8.32. The zero-order chi connectivity index (χ0) is 19.4. The molecule has 7 nitrogen and oxygen atoms in total. The molecule has 3 rings (SSSR count). The van der Waals surface area contributed by atoms with Crippen LogP contribution in [0, 0.1) is 12.7 Å². The van der Waals surface area contributed by atoms with Crippen LogP contribution in [0.3, 0.4) is 0 Å². The number of aryl methyl sites for hydroxylation is 1. The van der Waals surface area contributed by atoms with Crippen LogP contribution in [-0.2, 0) is 4.79 Å². The first-order valence-electron chi connectivity index (χ1n) is 7.86. The van der Waals surface area contributed by atoms with Crippen molar-refractivity contribution in [1.29, 1.82) is 0 Å². The van der Waals surface area contributed by atoms with E-state index in [0.717, 1.165) is 0 Å². The Morgan fingerprint density at radius 3 is 2.74 bits per heavy atom. The predicted molar refractivity (Wildman–Crippen MR) is 99.1 cm³/mol. The van der Waals surface area contributed by atoms with Crippen molar-refractivity contribution in [3.63, 3.8) is 0 Å². The van der Waals surface area contributed by atoms with E-state index in [1.54, 1.807) is 25.1 Å². The zero-order valence-electron chi connectivity index (χ0n) is 14.1. The zero-order valence-corrected chi connectivity index (χ0v) is 15.6. The number of halogens is 3. The maximum Gasteiger partial charge on any atom is 0.227 e. The lowest BCUT2D eigenvalue weighted by atomic mass is 10.2. The number of nitrogens with zero attached hydrogens (tertiary/aromatic N) is 4. The van der Waals surface area contributed by atoms with Gasteiger partial charge >= 0.3 is 0 Å². The number of carbonyl (C=O) groups excluding carboxylic acids is 1. The highest BCUT2D eigenvalue weighted by Gasteiger charge is 2.11. The number of amides is 1. The fourth-order valence-corrected chi connectivity index (χ4v) is 2.54. The van der Waals surface area contributed by atoms with Gasteiger partial charge in [-0.2, -0.15) is 4.68 Å². The van der Waals surface area contributed by atoms with Crippen LogP contribution in [0.5, 0.6) is 5.75 Å². The van der Waals surface area contributed by atoms with Crippen LogP contribution in [0.2, 0.25) is 10.0 Å². The lowest BCUT2D eigenvalue weighted by Crippen LogP contribution is -2.16. The Kier molecular flexibility index (Phi) is 5.88. The Morgan fingerprint density at radius 2 is 2.04 bits per heavy atom. The molecule has 10 heteroatoms. The fraction of sp³-hybridized carbons (Fsp3) is 0.176. The van der Waals surface area contributed by atoms with Gasteiger partial charge < -0.3 is 10.1 Å². The van der Waals surface area contributed by atoms with E-state index in [-0.39, 0.29) is 18.7 Å². The second-order valence-corrected chi connectivity index (χ2v) is 6.34. The lowest BCUT2D eigenvalue weighted by molar-refractivity contribution is -0.116. The minimum atomic E-state index is -0.566. The van der Waals surface area contributed by atoms with Crippen LogP contribution in [-0.4, -0.2) is 32.7 Å². The van der Waals surface area contributed by atoms with Crippen LogP contribution >= 0.6 is 23.2 Å². The molecule has 0 atom stereocenters. The summed E-state index contributed by atoms with van der Waals surface area (Å²) in [5, 5.41) is 14.4. The monoisotopic (exact) mass is 409 g/mol. The van der Waals surface area contributed by atoms with Gasteiger partial charge in [-0.05, 0) is 47.7 Å². The molecule has 1 aromatic heterocycles. The van der Waals surface area contributed by atoms with Crippen molar-refractivity contribution in [3.8, 4) is 11.4 Å². The van der Waals surface area contributed by atoms with Crippen LogP contribution < -0.4 is 10.1 Å². The smallest absolute Gasteiger partial charge is 0.227 e. The highest BCUT2D eigenvalue weighted by Crippen LogP contribution is 2.26. The van der Waals surface area contributed by atoms with Gasteiger partial charge in [0.05, 0.1) is 34.4 Å². The molecule has 0 aliphatic rings. The van der Waals surface area contributed by atoms with Gasteiger partial charge in [0.2, 0.25) is 5.91 Å². The molecule has 0 aliphatic heterocycles. The molecule has 1 heterocycles. The van der Waals surface area contributed by atoms with E-state index in [1.165, 1.54) is 22.9 Å². The summed E-state index contributed by atoms with van der Waals surface area (Å²) in [5.41, 5.74) is 0.559. The molecule has 140 valence electrons. The predicted octanol–water partition coefficient (Wildman–Crippen LogP) is 3.82. The number of hydrogen-bond acceptors (Lipinski definition) is 5. The maximum atomic E-state index is 14.0. The Balaban J connectivity index is 1.60. The average molecular weight is 410 g/mol. The Hall–Kier alpha value is -2.71. The second-order valence-electron chi connectivity index (χ2n) is 5.52. The summed E-state index contributed by atoms with van der Waals surface area (Å²) in [6.45, 7) is 1.80. The molecule has 0 spiro atoms. The van der Waals surface area contributed by atoms with E-state index in [0.29, 0.717) is 27.3 Å². The third kappa shape index (κ3) is 4.72. The summed E-state index contributed by atoms with van der Waals surface area (Å²) in [5.74, 6) is 0.0521. The highest BCUT2D eigenvalue weighted by atomic mass is 35.5. The van der Waals surface area contributed by atoms with Gasteiger partial charge in [-0.1, -0.05) is 23.2 Å². The quantitative estimate of drug-likeness (QED) is 0.668. The fourth-order valence-electron chi connectivity index (χ4n) is 2.25. The third-order valence-corrected chi connectivity index (χ3v) is 4.32. The summed E-state index contributed by atoms with van der Waals surface area (Å²) in [6.07, 6.45) is 0.0216. The topological polar surface area (TPSA) is 81.9 Å². The van der Waals surface area contributed by atoms with Crippen molar-refractivity contribution in [1.82, 2.24) is 20.2 Å². The van der Waals surface area contributed by atoms with E-state index in [2.05, 4.69) is 20.8 Å². The molecule has 0 saturated carbocycles. The van der Waals surface area contributed by atoms with Gasteiger partial charge in [0, 0.05) is 6.07 Å². The van der Waals surface area contributed by atoms with Gasteiger partial charge in [-0.3, -0.25) is 4.79 Å². The molecule has 0 unspecified atom stereocenters. The minimum Gasteiger partial charge on any atom is -0.493 e. The van der Waals surface area contributed by atoms with Crippen LogP contribution in [0.1, 0.15) is 12.2 Å². The molecule has 1 N–H and O–H groups in total. The van der Waals surface area contributed by atoms with Crippen molar-refractivity contribution in [2.75, 3.05) is 11.9 Å². The molecule has 0 saturated heterocycles. The molecule has 27 heavy (non-hydrogen) atoms. The summed E-state index contributed by atoms with van der Waals surface area (Å²) in [7, 11) is 0. The maximum absolute atomic E-state index is 14.0. The van der Waals surface area contributed by atoms with Crippen LogP contribution in [0.15, 0.2) is 36.4 Å². The van der Waals surface area contributed by atoms with Crippen molar-refractivity contribution in [2.24, 2.45) is 0 Å². The first-order chi connectivity index (χ1) is 12.9. The largest absolute Gasteiger partial charge is 0.493 e. The third-order valence-electron chi connectivity index (χ3n) is 3.58. The SMILES string of the molecule is Cc1nnnn1-c1ccc(F)c(NC(=O)CCOc2ccc(Cl)c(Cl)c2)c1. The first kappa shape index (κ1) is 19.1. The number of tetrazole rings is 1. The number of benzene rings is 2. The van der Waals surface area contributed by atoms with Gasteiger partial charge in [-0.15, -0.1) is 5.10 Å². The van der Waals surface area contributed by atoms with Gasteiger partial charge in [-0.25, -0.2) is 4.39 Å². The Morgan fingerprint density at radius 1 is 1.22 bits per heavy atom. The normalized spacial score (nSPS) is 10.7. The molecule has 0 aliphatic carbocycles. The molecule has 1 amide bonds. The van der Waals surface area contributed by atoms with Gasteiger partial charge in [0.15, 0.2) is 5.82 Å². The van der Waals surface area contributed by atoms with Crippen molar-refractivity contribution in [3.05, 3.63) is 58.1 Å². The number of nitrogens with one attached hydrogen (secondary N) is 1. The standard InChI is InChI=1S/C17H14Cl2FN5O2/c1-10-22-23-24-25(10)11-2-5-15(20)16(8-11)21-17(26)6-7-27-12-3-4-13(18)14(19)9-12/h2-5,8-9H,6-7H2,1H3,(H,21,26). The average Bonchev–Trinajstić information content (AvgIpc) is 3.06. The number of hydrogen-bond donors (Lipinski definition) is 1. The van der Waals surface area contributed by atoms with Crippen molar-refractivity contribution in [2.45, 2.75) is 13.3 Å². The molecule has 0 fully saturated rings. The van der Waals surface area contributed by atoms with Crippen LogP contribution in [0.4, 0.5) is 10.1 Å². The number of carbonyl (C=O) groups is 1. The first-order valence-corrected chi connectivity index (χ1v) is 8.62. The van der Waals surface area contributed by atoms with E-state index in [9.17, 15) is 9.18 Å². The van der Waals surface area contributed by atoms with E-state index in [4.69, 9.17) is 27.9 Å². The lowest BCUT2D eigenvalue weighted by Gasteiger charge is -2.10. The summed E-state index contributed by atoms with van der Waals surface area (Å²) >= 11 is 11.7. The molecule has 0 radical (unpaired) electrons. The summed E-state index contributed by atoms with van der Waals surface area (Å²) in [4.78, 5) is 12.1. The molecule has 2 aromatic carbocycles. The van der Waals surface area contributed by atoms with E-state index < -0.39 is 11.7 Å². The van der Waals surface area contributed by atoms with Crippen molar-refractivity contribution < 1.29 is 13.9 Å². The van der Waals surface area contributed by atoms with Crippen LogP contribution in [0.25, 0.3) is 5.69 Å². The number of aromatic nitrogens is 4. The molecular weight excluding hydrogens is 396 g/mol. The number of rotatable bonds is 6. The van der Waals surface area contributed by atoms with E-state index in [1.807, 2.05) is 0 Å². The summed E-state index contributed by atoms with van der Waals surface area (Å²) in [6, 6.07) is 9.00. The molecular formula is C17H14Cl2FN5O2. The Bertz CT molecular complexity index is 980. The van der Waals surface area contributed by atoms with Gasteiger partial charge in [0.25, 0.3) is 0 Å². The minimum absolute atomic E-state index is 0.0216. The number of anilines is 1. The summed E-state index contributed by atoms with van der Waals surface area (Å²) < 4.78 is 20.9. The number of ether oxygens (including phenoxy) is 1.